The lowest BCUT2D eigenvalue weighted by molar-refractivity contribution is -0.128. The molecule has 0 amide bonds. The molecule has 2 bridgehead atoms. The largest absolute Gasteiger partial charge is 0.299 e. The highest BCUT2D eigenvalue weighted by Gasteiger charge is 2.65. The van der Waals surface area contributed by atoms with E-state index in [9.17, 15) is 18.0 Å². The lowest BCUT2D eigenvalue weighted by Crippen LogP contribution is -2.43. The van der Waals surface area contributed by atoms with Crippen LogP contribution < -0.4 is 0 Å². The van der Waals surface area contributed by atoms with E-state index in [-0.39, 0.29) is 45.6 Å². The predicted octanol–water partition coefficient (Wildman–Crippen LogP) is 5.17. The standard InChI is InChI=1S/C24H40O5S2/c1-23(2)19-13-14-24(23,22(26)15-19)17-31(27,28)29-30(3,20-11-5-4-6-12-20)16-21(25)18-9-7-8-10-18/h18-20H,4-17H2,1-3H3. The molecule has 3 atom stereocenters. The fourth-order valence-electron chi connectivity index (χ4n) is 7.08. The van der Waals surface area contributed by atoms with Crippen LogP contribution in [0.15, 0.2) is 0 Å². The third-order valence-corrected chi connectivity index (χ3v) is 15.0. The van der Waals surface area contributed by atoms with Crippen molar-refractivity contribution in [1.29, 1.82) is 0 Å². The van der Waals surface area contributed by atoms with Crippen molar-refractivity contribution >= 4 is 32.0 Å². The Morgan fingerprint density at radius 1 is 1.00 bits per heavy atom. The van der Waals surface area contributed by atoms with Crippen LogP contribution in [-0.2, 0) is 23.3 Å². The fourth-order valence-corrected chi connectivity index (χ4v) is 13.5. The molecule has 0 N–H and O–H groups in total. The van der Waals surface area contributed by atoms with Gasteiger partial charge in [0.05, 0.1) is 16.9 Å². The molecule has 0 saturated heterocycles. The van der Waals surface area contributed by atoms with Crippen LogP contribution in [0.2, 0.25) is 0 Å². The van der Waals surface area contributed by atoms with Gasteiger partial charge >= 0.3 is 0 Å². The van der Waals surface area contributed by atoms with E-state index in [1.54, 1.807) is 0 Å². The molecule has 0 aromatic heterocycles. The number of rotatable bonds is 8. The van der Waals surface area contributed by atoms with Gasteiger partial charge in [-0.3, -0.25) is 9.59 Å². The number of hydrogen-bond acceptors (Lipinski definition) is 5. The summed E-state index contributed by atoms with van der Waals surface area (Å²) in [6.07, 6.45) is 13.2. The van der Waals surface area contributed by atoms with Crippen LogP contribution >= 0.6 is 10.3 Å². The van der Waals surface area contributed by atoms with Gasteiger partial charge in [-0.05, 0) is 56.1 Å². The maximum atomic E-state index is 13.5. The highest BCUT2D eigenvalue weighted by atomic mass is 32.3. The van der Waals surface area contributed by atoms with Gasteiger partial charge in [0.2, 0.25) is 0 Å². The summed E-state index contributed by atoms with van der Waals surface area (Å²) in [6.45, 7) is 4.11. The van der Waals surface area contributed by atoms with Crippen molar-refractivity contribution in [3.05, 3.63) is 0 Å². The average molecular weight is 473 g/mol. The second-order valence-electron chi connectivity index (χ2n) is 11.4. The van der Waals surface area contributed by atoms with E-state index < -0.39 is 25.8 Å². The van der Waals surface area contributed by atoms with Gasteiger partial charge in [0, 0.05) is 17.6 Å². The Hall–Kier alpha value is -0.400. The molecule has 31 heavy (non-hydrogen) atoms. The summed E-state index contributed by atoms with van der Waals surface area (Å²) >= 11 is 0. The van der Waals surface area contributed by atoms with E-state index in [0.717, 1.165) is 57.8 Å². The Labute approximate surface area is 190 Å². The highest BCUT2D eigenvalue weighted by molar-refractivity contribution is 8.33. The van der Waals surface area contributed by atoms with Crippen LogP contribution in [0.5, 0.6) is 0 Å². The van der Waals surface area contributed by atoms with Crippen LogP contribution in [0.4, 0.5) is 0 Å². The molecule has 0 radical (unpaired) electrons. The summed E-state index contributed by atoms with van der Waals surface area (Å²) in [5.74, 6) is 0.691. The van der Waals surface area contributed by atoms with Gasteiger partial charge in [0.15, 0.2) is 0 Å². The zero-order valence-corrected chi connectivity index (χ0v) is 21.1. The van der Waals surface area contributed by atoms with E-state index in [1.165, 1.54) is 6.42 Å². The topological polar surface area (TPSA) is 77.5 Å². The molecule has 3 unspecified atom stereocenters. The van der Waals surface area contributed by atoms with Crippen LogP contribution in [0.3, 0.4) is 0 Å². The average Bonchev–Trinajstić information content (AvgIpc) is 3.35. The fraction of sp³-hybridized carbons (Fsp3) is 0.917. The number of carbonyl (C=O) groups excluding carboxylic acids is 2. The minimum absolute atomic E-state index is 0.0752. The Bertz CT molecular complexity index is 823. The van der Waals surface area contributed by atoms with Gasteiger partial charge in [-0.2, -0.15) is 8.42 Å². The Morgan fingerprint density at radius 3 is 2.16 bits per heavy atom. The van der Waals surface area contributed by atoms with Crippen LogP contribution in [0.25, 0.3) is 0 Å². The highest BCUT2D eigenvalue weighted by Crippen LogP contribution is 2.65. The van der Waals surface area contributed by atoms with Crippen LogP contribution in [0.1, 0.15) is 90.9 Å². The molecule has 4 rings (SSSR count). The first-order valence-corrected chi connectivity index (χ1v) is 16.0. The van der Waals surface area contributed by atoms with Crippen molar-refractivity contribution in [3.63, 3.8) is 0 Å². The van der Waals surface area contributed by atoms with E-state index in [0.29, 0.717) is 12.8 Å². The number of fused-ring (bicyclic) bond motifs is 2. The molecular formula is C24H40O5S2. The van der Waals surface area contributed by atoms with Crippen molar-refractivity contribution in [2.75, 3.05) is 17.8 Å². The van der Waals surface area contributed by atoms with Crippen molar-refractivity contribution in [2.24, 2.45) is 22.7 Å². The van der Waals surface area contributed by atoms with Gasteiger partial charge in [0.25, 0.3) is 10.1 Å². The maximum absolute atomic E-state index is 13.5. The normalized spacial score (nSPS) is 34.7. The predicted molar refractivity (Wildman–Crippen MR) is 126 cm³/mol. The molecule has 4 fully saturated rings. The minimum atomic E-state index is -3.92. The van der Waals surface area contributed by atoms with Crippen molar-refractivity contribution in [2.45, 2.75) is 96.1 Å². The molecule has 4 aliphatic carbocycles. The zero-order chi connectivity index (χ0) is 22.5. The van der Waals surface area contributed by atoms with E-state index in [2.05, 4.69) is 13.8 Å². The van der Waals surface area contributed by atoms with Crippen LogP contribution in [0, 0.1) is 22.7 Å². The lowest BCUT2D eigenvalue weighted by atomic mass is 9.70. The Morgan fingerprint density at radius 2 is 1.61 bits per heavy atom. The summed E-state index contributed by atoms with van der Waals surface area (Å²) in [4.78, 5) is 26.0. The van der Waals surface area contributed by atoms with Gasteiger partial charge in [0.1, 0.15) is 11.6 Å². The molecule has 0 spiro atoms. The van der Waals surface area contributed by atoms with Crippen LogP contribution in [-0.4, -0.2) is 43.0 Å². The monoisotopic (exact) mass is 472 g/mol. The lowest BCUT2D eigenvalue weighted by Gasteiger charge is -2.44. The number of hydrogen-bond donors (Lipinski definition) is 0. The third kappa shape index (κ3) is 4.28. The van der Waals surface area contributed by atoms with Crippen molar-refractivity contribution in [3.8, 4) is 0 Å². The smallest absolute Gasteiger partial charge is 0.277 e. The summed E-state index contributed by atoms with van der Waals surface area (Å²) in [6, 6.07) is 0. The van der Waals surface area contributed by atoms with Crippen molar-refractivity contribution < 1.29 is 21.6 Å². The Balaban J connectivity index is 1.56. The summed E-state index contributed by atoms with van der Waals surface area (Å²) in [5, 5.41) is 0.155. The maximum Gasteiger partial charge on any atom is 0.277 e. The van der Waals surface area contributed by atoms with Gasteiger partial charge < -0.3 is 0 Å². The molecule has 0 aliphatic heterocycles. The minimum Gasteiger partial charge on any atom is -0.299 e. The summed E-state index contributed by atoms with van der Waals surface area (Å²) < 4.78 is 33.1. The second kappa shape index (κ2) is 8.43. The van der Waals surface area contributed by atoms with E-state index in [4.69, 9.17) is 3.63 Å². The Kier molecular flexibility index (Phi) is 6.46. The molecule has 0 aromatic carbocycles. The molecule has 0 aromatic rings. The molecule has 4 saturated carbocycles. The number of ketones is 2. The third-order valence-electron chi connectivity index (χ3n) is 9.32. The molecular weight excluding hydrogens is 432 g/mol. The van der Waals surface area contributed by atoms with E-state index >= 15 is 0 Å². The first-order valence-electron chi connectivity index (χ1n) is 12.2. The SMILES string of the molecule is CC1(C)C2CCC1(CS(=O)(=O)OS(C)(CC(=O)C1CCCC1)C1CCCCC1)C(=O)C2. The number of carbonyl (C=O) groups is 2. The summed E-state index contributed by atoms with van der Waals surface area (Å²) in [7, 11) is -6.03. The van der Waals surface area contributed by atoms with Gasteiger partial charge in [-0.15, -0.1) is 10.3 Å². The molecule has 7 heteroatoms. The molecule has 178 valence electrons. The van der Waals surface area contributed by atoms with Gasteiger partial charge in [-0.25, -0.2) is 3.63 Å². The zero-order valence-electron chi connectivity index (χ0n) is 19.5. The summed E-state index contributed by atoms with van der Waals surface area (Å²) in [5.41, 5.74) is -1.13. The van der Waals surface area contributed by atoms with Gasteiger partial charge in [-0.1, -0.05) is 46.0 Å². The first kappa shape index (κ1) is 23.7. The quantitative estimate of drug-likeness (QED) is 0.487. The second-order valence-corrected chi connectivity index (χ2v) is 16.4. The molecule has 0 heterocycles. The number of Topliss-reactive ketones (excluding diaryl/α,β-unsaturated/α-hetero) is 2. The molecule has 4 aliphatic rings. The van der Waals surface area contributed by atoms with E-state index in [1.807, 2.05) is 6.26 Å². The first-order chi connectivity index (χ1) is 14.5. The van der Waals surface area contributed by atoms with Crippen molar-refractivity contribution in [1.82, 2.24) is 0 Å². The molecule has 5 nitrogen and oxygen atoms in total.